The van der Waals surface area contributed by atoms with Crippen LogP contribution in [0.5, 0.6) is 0 Å². The topological polar surface area (TPSA) is 455 Å². The van der Waals surface area contributed by atoms with Crippen LogP contribution in [0.2, 0.25) is 0 Å². The molecule has 4 amide bonds. The van der Waals surface area contributed by atoms with Gasteiger partial charge in [0.05, 0.1) is 44.6 Å². The Morgan fingerprint density at radius 3 is 1.77 bits per heavy atom. The van der Waals surface area contributed by atoms with Crippen LogP contribution in [-0.4, -0.2) is 241 Å². The van der Waals surface area contributed by atoms with Gasteiger partial charge in [-0.1, -0.05) is 12.1 Å². The summed E-state index contributed by atoms with van der Waals surface area (Å²) in [4.78, 5) is 160. The van der Waals surface area contributed by atoms with Gasteiger partial charge in [-0.15, -0.1) is 0 Å². The fourth-order valence-corrected chi connectivity index (χ4v) is 10.1. The zero-order valence-corrected chi connectivity index (χ0v) is 52.0. The Kier molecular flexibility index (Phi) is 30.3. The van der Waals surface area contributed by atoms with Crippen LogP contribution >= 0.6 is 22.6 Å². The molecule has 490 valence electrons. The van der Waals surface area contributed by atoms with Gasteiger partial charge in [-0.2, -0.15) is 4.98 Å². The minimum atomic E-state index is -1.75. The Morgan fingerprint density at radius 1 is 0.656 bits per heavy atom. The molecule has 5 rings (SSSR count). The van der Waals surface area contributed by atoms with E-state index in [4.69, 9.17) is 5.73 Å². The van der Waals surface area contributed by atoms with E-state index >= 15 is 0 Å². The molecule has 3 unspecified atom stereocenters. The third-order valence-corrected chi connectivity index (χ3v) is 15.4. The molecule has 0 radical (unpaired) electrons. The molecule has 1 saturated heterocycles. The smallest absolute Gasteiger partial charge is 0.326 e. The number of fused-ring (bicyclic) bond motifs is 1. The summed E-state index contributed by atoms with van der Waals surface area (Å²) >= 11 is 2.22. The third-order valence-electron chi connectivity index (χ3n) is 14.7. The van der Waals surface area contributed by atoms with Gasteiger partial charge in [0.15, 0.2) is 11.2 Å². The monoisotopic (exact) mass is 1370 g/mol. The molecule has 3 heterocycles. The summed E-state index contributed by atoms with van der Waals surface area (Å²) < 4.78 is 1.11. The number of rotatable bonds is 37. The molecule has 0 saturated carbocycles. The van der Waals surface area contributed by atoms with Gasteiger partial charge in [0.25, 0.3) is 11.5 Å². The number of hydrogen-bond donors (Lipinski definition) is 13. The molecular weight excluding hydrogens is 1290 g/mol. The van der Waals surface area contributed by atoms with Crippen molar-refractivity contribution in [1.82, 2.24) is 66.1 Å². The van der Waals surface area contributed by atoms with E-state index in [1.54, 1.807) is 31.7 Å². The molecule has 2 aromatic carbocycles. The van der Waals surface area contributed by atoms with Crippen molar-refractivity contribution in [3.63, 3.8) is 0 Å². The van der Waals surface area contributed by atoms with E-state index in [1.807, 2.05) is 24.3 Å². The van der Waals surface area contributed by atoms with E-state index in [0.717, 1.165) is 15.6 Å². The number of halogens is 1. The first-order valence-electron chi connectivity index (χ1n) is 29.4. The maximum atomic E-state index is 13.8. The van der Waals surface area contributed by atoms with Crippen molar-refractivity contribution < 1.29 is 73.5 Å². The Morgan fingerprint density at radius 2 is 1.21 bits per heavy atom. The quantitative estimate of drug-likeness (QED) is 0.0156. The molecule has 1 aliphatic heterocycles. The summed E-state index contributed by atoms with van der Waals surface area (Å²) in [5.41, 5.74) is 5.45. The number of carboxylic acids is 5. The minimum absolute atomic E-state index is 0.0100. The van der Waals surface area contributed by atoms with Crippen LogP contribution in [0.4, 0.5) is 11.6 Å². The molecule has 90 heavy (non-hydrogen) atoms. The van der Waals surface area contributed by atoms with Crippen LogP contribution in [0.15, 0.2) is 59.5 Å². The average Bonchev–Trinajstić information content (AvgIpc) is 1.46. The number of nitrogens with zero attached hydrogens (tertiary/aromatic N) is 7. The van der Waals surface area contributed by atoms with Crippen molar-refractivity contribution >= 4 is 105 Å². The summed E-state index contributed by atoms with van der Waals surface area (Å²) in [7, 11) is 0. The van der Waals surface area contributed by atoms with Crippen LogP contribution in [0.1, 0.15) is 85.8 Å². The molecule has 2 aromatic heterocycles. The second-order valence-corrected chi connectivity index (χ2v) is 23.1. The van der Waals surface area contributed by atoms with Crippen molar-refractivity contribution in [3.05, 3.63) is 85.5 Å². The van der Waals surface area contributed by atoms with E-state index in [0.29, 0.717) is 49.9 Å². The van der Waals surface area contributed by atoms with Crippen molar-refractivity contribution in [2.45, 2.75) is 94.8 Å². The predicted octanol–water partition coefficient (Wildman–Crippen LogP) is -0.357. The Labute approximate surface area is 531 Å². The lowest BCUT2D eigenvalue weighted by atomic mass is 9.92. The lowest BCUT2D eigenvalue weighted by Gasteiger charge is -2.33. The molecule has 0 bridgehead atoms. The number of nitrogen functional groups attached to an aromatic ring is 1. The van der Waals surface area contributed by atoms with Gasteiger partial charge in [0.1, 0.15) is 23.9 Å². The number of hydrogen-bond acceptors (Lipinski definition) is 21. The number of nitrogens with one attached hydrogen (secondary N) is 7. The van der Waals surface area contributed by atoms with E-state index in [-0.39, 0.29) is 152 Å². The van der Waals surface area contributed by atoms with Crippen LogP contribution in [0, 0.1) is 3.57 Å². The number of unbranched alkanes of at least 4 members (excludes halogenated alkanes) is 2. The normalized spacial score (nSPS) is 15.2. The van der Waals surface area contributed by atoms with Crippen LogP contribution in [0.3, 0.4) is 0 Å². The summed E-state index contributed by atoms with van der Waals surface area (Å²) in [6.45, 7) is 0.542. The van der Waals surface area contributed by atoms with Crippen molar-refractivity contribution in [2.75, 3.05) is 109 Å². The first-order chi connectivity index (χ1) is 43.0. The largest absolute Gasteiger partial charge is 0.480 e. The summed E-state index contributed by atoms with van der Waals surface area (Å²) in [6.07, 6.45) is 3.92. The molecule has 31 nitrogen and oxygen atoms in total. The number of nitrogens with two attached hydrogens (primary N) is 1. The highest BCUT2D eigenvalue weighted by Crippen LogP contribution is 2.17. The number of carbonyl (C=O) groups is 10. The van der Waals surface area contributed by atoms with Crippen molar-refractivity contribution in [3.8, 4) is 0 Å². The van der Waals surface area contributed by atoms with Gasteiger partial charge < -0.3 is 68.0 Å². The Balaban J connectivity index is 1.18. The van der Waals surface area contributed by atoms with Crippen LogP contribution in [0.25, 0.3) is 11.2 Å². The minimum Gasteiger partial charge on any atom is -0.480 e. The fraction of sp³-hybridized carbons (Fsp3) is 0.517. The average molecular weight is 1370 g/mol. The number of anilines is 2. The molecule has 1 aliphatic rings. The zero-order chi connectivity index (χ0) is 65.6. The van der Waals surface area contributed by atoms with Gasteiger partial charge in [-0.05, 0) is 122 Å². The second-order valence-electron chi connectivity index (χ2n) is 21.8. The fourth-order valence-electron chi connectivity index (χ4n) is 9.78. The number of aryl methyl sites for hydroxylation is 1. The van der Waals surface area contributed by atoms with E-state index < -0.39 is 83.6 Å². The van der Waals surface area contributed by atoms with Gasteiger partial charge >= 0.3 is 29.8 Å². The number of carboxylic acid groups (broad SMARTS) is 5. The SMILES string of the molecule is Nc1nc2ncc(CNc3ccc(C(=O)NC(CCC(=O)NC(C=O)(CCCCNC(=O)CN4CCN(CC(=O)O)CCN(CC(=O)O)CCN(CC(=O)O)CC4)CNC(CCCCNC(=O)CCCc4ccc(I)cc4)C(=O)O)C(=O)O)cc3)nc2c(=O)[nH]1. The molecule has 1 fully saturated rings. The summed E-state index contributed by atoms with van der Waals surface area (Å²) in [6, 6.07) is 11.2. The maximum absolute atomic E-state index is 13.8. The van der Waals surface area contributed by atoms with E-state index in [1.165, 1.54) is 18.3 Å². The lowest BCUT2D eigenvalue weighted by molar-refractivity contribution is -0.140. The molecule has 32 heteroatoms. The number of H-pyrrole nitrogens is 1. The van der Waals surface area contributed by atoms with Crippen LogP contribution in [-0.2, 0) is 56.1 Å². The van der Waals surface area contributed by atoms with E-state index in [2.05, 4.69) is 74.4 Å². The number of aldehydes is 1. The molecule has 3 atom stereocenters. The zero-order valence-electron chi connectivity index (χ0n) is 49.8. The van der Waals surface area contributed by atoms with Gasteiger partial charge in [-0.25, -0.2) is 14.8 Å². The van der Waals surface area contributed by atoms with Crippen LogP contribution < -0.4 is 43.2 Å². The molecular formula is C58H80IN15O16. The van der Waals surface area contributed by atoms with Gasteiger partial charge in [-0.3, -0.25) is 67.7 Å². The highest BCUT2D eigenvalue weighted by molar-refractivity contribution is 14.1. The maximum Gasteiger partial charge on any atom is 0.326 e. The van der Waals surface area contributed by atoms with E-state index in [9.17, 15) is 78.3 Å². The highest BCUT2D eigenvalue weighted by Gasteiger charge is 2.34. The number of carbonyl (C=O) groups excluding carboxylic acids is 5. The first-order valence-corrected chi connectivity index (χ1v) is 30.5. The number of aromatic nitrogens is 4. The predicted molar refractivity (Wildman–Crippen MR) is 335 cm³/mol. The van der Waals surface area contributed by atoms with Gasteiger partial charge in [0, 0.05) is 99.7 Å². The first kappa shape index (κ1) is 72.4. The van der Waals surface area contributed by atoms with Crippen molar-refractivity contribution in [1.29, 1.82) is 0 Å². The molecule has 14 N–H and O–H groups in total. The Hall–Kier alpha value is -8.31. The van der Waals surface area contributed by atoms with Crippen molar-refractivity contribution in [2.24, 2.45) is 0 Å². The molecule has 0 spiro atoms. The summed E-state index contributed by atoms with van der Waals surface area (Å²) in [5, 5.41) is 65.8. The van der Waals surface area contributed by atoms with Gasteiger partial charge in [0.2, 0.25) is 23.7 Å². The number of amides is 4. The standard InChI is InChI=1S/C58H80IN15O16/c59-40-13-9-38(10-14-40)6-5-8-45(76)61-20-3-1-7-43(55(87)88)65-36-58(37-75,19-2-4-21-62-47(78)32-71-22-24-72(33-48(79)80)26-28-74(35-50(83)84)29-27-73(25-23-71)34-49(81)82)70-46(77)18-17-44(56(89)90)67-53(85)39-11-15-41(16-12-39)63-30-42-31-64-52-51(66-42)54(86)69-57(60)68-52/h9-16,31,37,43-44,63,65H,1-8,17-30,32-36H2,(H,61,76)(H,62,78)(H,67,85)(H,70,77)(H,79,80)(H,81,82)(H,83,84)(H,87,88)(H,89,90)(H3,60,64,68,69,86). The highest BCUT2D eigenvalue weighted by atomic mass is 127. The molecule has 4 aromatic rings. The third kappa shape index (κ3) is 26.8. The lowest BCUT2D eigenvalue weighted by Crippen LogP contribution is -2.58. The number of benzene rings is 2. The number of aromatic amines is 1. The second kappa shape index (κ2) is 37.6. The summed E-state index contributed by atoms with van der Waals surface area (Å²) in [5.74, 6) is -8.21. The number of aliphatic carboxylic acids is 5. The Bertz CT molecular complexity index is 3110. The molecule has 0 aliphatic carbocycles.